The average molecular weight is 217 g/mol. The maximum atomic E-state index is 11.0. The van der Waals surface area contributed by atoms with Crippen LogP contribution < -0.4 is 5.73 Å². The number of nitrogens with two attached hydrogens (primary N) is 1. The SMILES string of the molecule is CCOC(=O)C=Cc1cnc(N)c(C#N)c1. The second kappa shape index (κ2) is 5.51. The summed E-state index contributed by atoms with van der Waals surface area (Å²) in [7, 11) is 0. The van der Waals surface area contributed by atoms with Gasteiger partial charge in [-0.25, -0.2) is 9.78 Å². The Morgan fingerprint density at radius 3 is 3.12 bits per heavy atom. The van der Waals surface area contributed by atoms with Crippen LogP contribution >= 0.6 is 0 Å². The molecule has 0 radical (unpaired) electrons. The Bertz CT molecular complexity index is 461. The van der Waals surface area contributed by atoms with E-state index in [9.17, 15) is 4.79 Å². The van der Waals surface area contributed by atoms with E-state index in [-0.39, 0.29) is 11.4 Å². The highest BCUT2D eigenvalue weighted by atomic mass is 16.5. The zero-order valence-electron chi connectivity index (χ0n) is 8.80. The van der Waals surface area contributed by atoms with Gasteiger partial charge in [0.05, 0.1) is 12.2 Å². The first-order valence-corrected chi connectivity index (χ1v) is 4.67. The van der Waals surface area contributed by atoms with Crippen LogP contribution in [0.5, 0.6) is 0 Å². The van der Waals surface area contributed by atoms with Crippen molar-refractivity contribution in [3.8, 4) is 6.07 Å². The van der Waals surface area contributed by atoms with Crippen LogP contribution in [-0.4, -0.2) is 17.6 Å². The smallest absolute Gasteiger partial charge is 0.330 e. The fraction of sp³-hybridized carbons (Fsp3) is 0.182. The third kappa shape index (κ3) is 3.10. The molecule has 1 aromatic heterocycles. The highest BCUT2D eigenvalue weighted by Gasteiger charge is 2.00. The standard InChI is InChI=1S/C11H11N3O2/c1-2-16-10(15)4-3-8-5-9(6-12)11(13)14-7-8/h3-5,7H,2H2,1H3,(H2,13,14). The Kier molecular flexibility index (Phi) is 4.04. The van der Waals surface area contributed by atoms with Gasteiger partial charge in [0.2, 0.25) is 0 Å². The quantitative estimate of drug-likeness (QED) is 0.605. The van der Waals surface area contributed by atoms with Crippen LogP contribution in [0.25, 0.3) is 6.08 Å². The first-order valence-electron chi connectivity index (χ1n) is 4.67. The summed E-state index contributed by atoms with van der Waals surface area (Å²) in [5.41, 5.74) is 6.36. The van der Waals surface area contributed by atoms with Gasteiger partial charge in [-0.15, -0.1) is 0 Å². The predicted octanol–water partition coefficient (Wildman–Crippen LogP) is 1.11. The zero-order valence-corrected chi connectivity index (χ0v) is 8.80. The average Bonchev–Trinajstić information content (AvgIpc) is 2.28. The van der Waals surface area contributed by atoms with E-state index in [0.717, 1.165) is 0 Å². The van der Waals surface area contributed by atoms with Gasteiger partial charge in [-0.1, -0.05) is 0 Å². The molecule has 0 amide bonds. The summed E-state index contributed by atoms with van der Waals surface area (Å²) in [6.45, 7) is 2.05. The van der Waals surface area contributed by atoms with Crippen LogP contribution in [0.3, 0.4) is 0 Å². The van der Waals surface area contributed by atoms with Crippen molar-refractivity contribution < 1.29 is 9.53 Å². The number of pyridine rings is 1. The first kappa shape index (κ1) is 11.7. The Morgan fingerprint density at radius 1 is 1.75 bits per heavy atom. The molecule has 1 heterocycles. The molecular weight excluding hydrogens is 206 g/mol. The third-order valence-electron chi connectivity index (χ3n) is 1.76. The van der Waals surface area contributed by atoms with E-state index in [4.69, 9.17) is 15.7 Å². The van der Waals surface area contributed by atoms with E-state index in [1.54, 1.807) is 13.0 Å². The van der Waals surface area contributed by atoms with Crippen LogP contribution in [0.15, 0.2) is 18.3 Å². The molecule has 0 bridgehead atoms. The minimum Gasteiger partial charge on any atom is -0.463 e. The maximum Gasteiger partial charge on any atom is 0.330 e. The Hall–Kier alpha value is -2.35. The molecule has 0 unspecified atom stereocenters. The molecule has 1 aromatic rings. The molecule has 0 aliphatic carbocycles. The number of nitrogen functional groups attached to an aromatic ring is 1. The number of esters is 1. The van der Waals surface area contributed by atoms with Gasteiger partial charge >= 0.3 is 5.97 Å². The zero-order chi connectivity index (χ0) is 12.0. The van der Waals surface area contributed by atoms with Gasteiger partial charge in [-0.05, 0) is 24.6 Å². The number of nitrogens with zero attached hydrogens (tertiary/aromatic N) is 2. The highest BCUT2D eigenvalue weighted by molar-refractivity contribution is 5.87. The first-order chi connectivity index (χ1) is 7.67. The second-order valence-corrected chi connectivity index (χ2v) is 2.90. The lowest BCUT2D eigenvalue weighted by Gasteiger charge is -1.98. The van der Waals surface area contributed by atoms with E-state index in [2.05, 4.69) is 4.98 Å². The largest absolute Gasteiger partial charge is 0.463 e. The van der Waals surface area contributed by atoms with E-state index in [1.807, 2.05) is 6.07 Å². The number of carbonyl (C=O) groups is 1. The van der Waals surface area contributed by atoms with Gasteiger partial charge in [0.25, 0.3) is 0 Å². The van der Waals surface area contributed by atoms with E-state index in [0.29, 0.717) is 12.2 Å². The molecule has 1 rings (SSSR count). The summed E-state index contributed by atoms with van der Waals surface area (Å²) < 4.78 is 4.71. The van der Waals surface area contributed by atoms with Gasteiger partial charge in [0.1, 0.15) is 11.9 Å². The van der Waals surface area contributed by atoms with E-state index >= 15 is 0 Å². The van der Waals surface area contributed by atoms with Crippen LogP contribution in [0.4, 0.5) is 5.82 Å². The summed E-state index contributed by atoms with van der Waals surface area (Å²) in [6, 6.07) is 3.46. The lowest BCUT2D eigenvalue weighted by Crippen LogP contribution is -1.99. The van der Waals surface area contributed by atoms with Gasteiger partial charge in [-0.2, -0.15) is 5.26 Å². The lowest BCUT2D eigenvalue weighted by atomic mass is 10.2. The molecule has 0 aromatic carbocycles. The molecule has 0 aliphatic rings. The van der Waals surface area contributed by atoms with Gasteiger partial charge < -0.3 is 10.5 Å². The number of carbonyl (C=O) groups excluding carboxylic acids is 1. The molecule has 0 saturated carbocycles. The molecule has 0 atom stereocenters. The number of hydrogen-bond donors (Lipinski definition) is 1. The van der Waals surface area contributed by atoms with Crippen molar-refractivity contribution >= 4 is 17.9 Å². The Morgan fingerprint density at radius 2 is 2.50 bits per heavy atom. The van der Waals surface area contributed by atoms with Crippen molar-refractivity contribution in [3.63, 3.8) is 0 Å². The van der Waals surface area contributed by atoms with E-state index < -0.39 is 5.97 Å². The van der Waals surface area contributed by atoms with Crippen molar-refractivity contribution in [3.05, 3.63) is 29.5 Å². The van der Waals surface area contributed by atoms with E-state index in [1.165, 1.54) is 18.3 Å². The number of ether oxygens (including phenoxy) is 1. The molecule has 16 heavy (non-hydrogen) atoms. The van der Waals surface area contributed by atoms with Crippen molar-refractivity contribution in [2.45, 2.75) is 6.92 Å². The fourth-order valence-electron chi connectivity index (χ4n) is 1.03. The van der Waals surface area contributed by atoms with Crippen LogP contribution in [0.1, 0.15) is 18.1 Å². The Balaban J connectivity index is 2.83. The van der Waals surface area contributed by atoms with Crippen molar-refractivity contribution in [2.75, 3.05) is 12.3 Å². The number of rotatable bonds is 3. The number of aromatic nitrogens is 1. The Labute approximate surface area is 93.2 Å². The van der Waals surface area contributed by atoms with Crippen molar-refractivity contribution in [1.29, 1.82) is 5.26 Å². The van der Waals surface area contributed by atoms with Gasteiger partial charge in [-0.3, -0.25) is 0 Å². The van der Waals surface area contributed by atoms with Crippen LogP contribution in [-0.2, 0) is 9.53 Å². The summed E-state index contributed by atoms with van der Waals surface area (Å²) >= 11 is 0. The normalized spacial score (nSPS) is 10.0. The second-order valence-electron chi connectivity index (χ2n) is 2.90. The molecule has 0 aliphatic heterocycles. The molecule has 5 heteroatoms. The maximum absolute atomic E-state index is 11.0. The fourth-order valence-corrected chi connectivity index (χ4v) is 1.03. The molecule has 0 saturated heterocycles. The summed E-state index contributed by atoms with van der Waals surface area (Å²) in [6.07, 6.45) is 4.27. The summed E-state index contributed by atoms with van der Waals surface area (Å²) in [5, 5.41) is 8.72. The topological polar surface area (TPSA) is 89.0 Å². The molecule has 82 valence electrons. The molecule has 5 nitrogen and oxygen atoms in total. The van der Waals surface area contributed by atoms with Crippen LogP contribution in [0.2, 0.25) is 0 Å². The van der Waals surface area contributed by atoms with Crippen molar-refractivity contribution in [2.24, 2.45) is 0 Å². The lowest BCUT2D eigenvalue weighted by molar-refractivity contribution is -0.137. The minimum absolute atomic E-state index is 0.177. The number of anilines is 1. The minimum atomic E-state index is -0.433. The van der Waals surface area contributed by atoms with Crippen molar-refractivity contribution in [1.82, 2.24) is 4.98 Å². The molecule has 0 fully saturated rings. The highest BCUT2D eigenvalue weighted by Crippen LogP contribution is 2.10. The summed E-state index contributed by atoms with van der Waals surface area (Å²) in [5.74, 6) is -0.256. The monoisotopic (exact) mass is 217 g/mol. The molecule has 2 N–H and O–H groups in total. The van der Waals surface area contributed by atoms with Gasteiger partial charge in [0, 0.05) is 12.3 Å². The van der Waals surface area contributed by atoms with Crippen LogP contribution in [0, 0.1) is 11.3 Å². The predicted molar refractivity (Wildman–Crippen MR) is 59.0 cm³/mol. The number of nitriles is 1. The molecule has 0 spiro atoms. The van der Waals surface area contributed by atoms with Gasteiger partial charge in [0.15, 0.2) is 0 Å². The molecular formula is C11H11N3O2. The third-order valence-corrected chi connectivity index (χ3v) is 1.76. The summed E-state index contributed by atoms with van der Waals surface area (Å²) in [4.78, 5) is 14.8. The number of hydrogen-bond acceptors (Lipinski definition) is 5.